The van der Waals surface area contributed by atoms with Crippen molar-refractivity contribution >= 4 is 29.0 Å². The van der Waals surface area contributed by atoms with Gasteiger partial charge in [0.1, 0.15) is 0 Å². The zero-order valence-electron chi connectivity index (χ0n) is 11.9. The molecule has 0 amide bonds. The van der Waals surface area contributed by atoms with Crippen LogP contribution in [0.15, 0.2) is 0 Å². The normalized spacial score (nSPS) is 26.7. The summed E-state index contributed by atoms with van der Waals surface area (Å²) < 4.78 is 6.17. The van der Waals surface area contributed by atoms with Gasteiger partial charge in [-0.1, -0.05) is 19.1 Å². The molecule has 0 aromatic rings. The van der Waals surface area contributed by atoms with Gasteiger partial charge in [0.15, 0.2) is 0 Å². The fraction of sp³-hybridized carbons (Fsp3) is 0.929. The molecule has 0 aliphatic carbocycles. The fourth-order valence-corrected chi connectivity index (χ4v) is 4.69. The second-order valence-electron chi connectivity index (χ2n) is 5.73. The van der Waals surface area contributed by atoms with Crippen LogP contribution in [0.3, 0.4) is 0 Å². The van der Waals surface area contributed by atoms with Gasteiger partial charge in [0.05, 0.1) is 10.6 Å². The molecule has 1 atom stereocenters. The van der Waals surface area contributed by atoms with E-state index in [9.17, 15) is 0 Å². The Labute approximate surface area is 126 Å². The van der Waals surface area contributed by atoms with E-state index in [1.807, 2.05) is 0 Å². The molecule has 3 nitrogen and oxygen atoms in total. The van der Waals surface area contributed by atoms with Crippen LogP contribution in [0, 0.1) is 0 Å². The monoisotopic (exact) mass is 302 g/mol. The van der Waals surface area contributed by atoms with E-state index in [0.29, 0.717) is 11.0 Å². The molecule has 0 radical (unpaired) electrons. The Balaban J connectivity index is 1.99. The van der Waals surface area contributed by atoms with E-state index in [1.54, 1.807) is 0 Å². The van der Waals surface area contributed by atoms with Gasteiger partial charge in [-0.2, -0.15) is 11.8 Å². The molecular weight excluding hydrogens is 276 g/mol. The summed E-state index contributed by atoms with van der Waals surface area (Å²) in [4.78, 5) is 3.10. The highest BCUT2D eigenvalue weighted by molar-refractivity contribution is 7.99. The Morgan fingerprint density at radius 1 is 1.47 bits per heavy atom. The molecule has 2 heterocycles. The molecule has 2 aliphatic rings. The lowest BCUT2D eigenvalue weighted by atomic mass is 9.84. The maximum Gasteiger partial charge on any atom is 0.0870 e. The van der Waals surface area contributed by atoms with Gasteiger partial charge in [0, 0.05) is 19.2 Å². The predicted octanol–water partition coefficient (Wildman–Crippen LogP) is 2.43. The first-order valence-electron chi connectivity index (χ1n) is 7.39. The van der Waals surface area contributed by atoms with Gasteiger partial charge >= 0.3 is 0 Å². The van der Waals surface area contributed by atoms with Crippen molar-refractivity contribution in [2.75, 3.05) is 31.2 Å². The molecule has 2 aliphatic heterocycles. The van der Waals surface area contributed by atoms with E-state index in [4.69, 9.17) is 22.7 Å². The van der Waals surface area contributed by atoms with E-state index < -0.39 is 0 Å². The van der Waals surface area contributed by atoms with Crippen molar-refractivity contribution in [2.24, 2.45) is 5.73 Å². The van der Waals surface area contributed by atoms with Crippen molar-refractivity contribution in [2.45, 2.75) is 50.7 Å². The lowest BCUT2D eigenvalue weighted by molar-refractivity contribution is -0.108. The molecule has 1 spiro atoms. The van der Waals surface area contributed by atoms with Crippen LogP contribution >= 0.6 is 24.0 Å². The SMILES string of the molecule is CCCN(CC(N)=S)C1CCOC2(CCSCC2)C1. The van der Waals surface area contributed by atoms with Crippen LogP contribution in [-0.2, 0) is 4.74 Å². The van der Waals surface area contributed by atoms with Crippen molar-refractivity contribution in [1.82, 2.24) is 4.90 Å². The van der Waals surface area contributed by atoms with Crippen molar-refractivity contribution in [1.29, 1.82) is 0 Å². The molecule has 2 N–H and O–H groups in total. The number of nitrogens with two attached hydrogens (primary N) is 1. The van der Waals surface area contributed by atoms with Crippen molar-refractivity contribution in [3.63, 3.8) is 0 Å². The molecule has 0 aromatic carbocycles. The predicted molar refractivity (Wildman–Crippen MR) is 86.9 cm³/mol. The summed E-state index contributed by atoms with van der Waals surface area (Å²) in [6.45, 7) is 4.97. The average molecular weight is 303 g/mol. The lowest BCUT2D eigenvalue weighted by Crippen LogP contribution is -2.51. The summed E-state index contributed by atoms with van der Waals surface area (Å²) >= 11 is 7.16. The highest BCUT2D eigenvalue weighted by atomic mass is 32.2. The molecule has 5 heteroatoms. The van der Waals surface area contributed by atoms with E-state index in [-0.39, 0.29) is 5.60 Å². The van der Waals surface area contributed by atoms with Crippen LogP contribution in [0.4, 0.5) is 0 Å². The van der Waals surface area contributed by atoms with Crippen LogP contribution in [0.5, 0.6) is 0 Å². The summed E-state index contributed by atoms with van der Waals surface area (Å²) in [5.74, 6) is 2.49. The standard InChI is InChI=1S/C14H26N2OS2/c1-2-6-16(11-13(15)18)12-3-7-17-14(10-12)4-8-19-9-5-14/h12H,2-11H2,1H3,(H2,15,18). The van der Waals surface area contributed by atoms with Gasteiger partial charge < -0.3 is 10.5 Å². The van der Waals surface area contributed by atoms with Crippen molar-refractivity contribution < 1.29 is 4.74 Å². The number of hydrogen-bond donors (Lipinski definition) is 1. The average Bonchev–Trinajstić information content (AvgIpc) is 2.39. The fourth-order valence-electron chi connectivity index (χ4n) is 3.28. The summed E-state index contributed by atoms with van der Waals surface area (Å²) in [5, 5.41) is 0. The first-order valence-corrected chi connectivity index (χ1v) is 8.95. The first kappa shape index (κ1) is 15.5. The quantitative estimate of drug-likeness (QED) is 0.790. The minimum Gasteiger partial charge on any atom is -0.392 e. The smallest absolute Gasteiger partial charge is 0.0870 e. The third-order valence-corrected chi connectivity index (χ3v) is 5.37. The van der Waals surface area contributed by atoms with Gasteiger partial charge in [-0.05, 0) is 50.2 Å². The van der Waals surface area contributed by atoms with Crippen LogP contribution in [0.1, 0.15) is 39.0 Å². The second kappa shape index (κ2) is 7.25. The zero-order valence-corrected chi connectivity index (χ0v) is 13.5. The van der Waals surface area contributed by atoms with Gasteiger partial charge in [-0.15, -0.1) is 0 Å². The summed E-state index contributed by atoms with van der Waals surface area (Å²) in [7, 11) is 0. The Morgan fingerprint density at radius 2 is 2.21 bits per heavy atom. The summed E-state index contributed by atoms with van der Waals surface area (Å²) in [6.07, 6.45) is 5.86. The van der Waals surface area contributed by atoms with Gasteiger partial charge in [-0.25, -0.2) is 0 Å². The number of thiocarbonyl (C=S) groups is 1. The number of hydrogen-bond acceptors (Lipinski definition) is 4. The molecular formula is C14H26N2OS2. The molecule has 2 rings (SSSR count). The van der Waals surface area contributed by atoms with Crippen LogP contribution in [0.2, 0.25) is 0 Å². The molecule has 1 unspecified atom stereocenters. The van der Waals surface area contributed by atoms with E-state index in [1.165, 1.54) is 24.3 Å². The van der Waals surface area contributed by atoms with Crippen LogP contribution in [-0.4, -0.2) is 52.7 Å². The molecule has 2 fully saturated rings. The van der Waals surface area contributed by atoms with Gasteiger partial charge in [-0.3, -0.25) is 4.90 Å². The molecule has 0 saturated carbocycles. The molecule has 110 valence electrons. The number of rotatable bonds is 5. The third-order valence-electron chi connectivity index (χ3n) is 4.26. The van der Waals surface area contributed by atoms with E-state index in [0.717, 1.165) is 39.0 Å². The molecule has 2 saturated heterocycles. The van der Waals surface area contributed by atoms with Crippen molar-refractivity contribution in [3.8, 4) is 0 Å². The number of ether oxygens (including phenoxy) is 1. The van der Waals surface area contributed by atoms with Crippen LogP contribution in [0.25, 0.3) is 0 Å². The Kier molecular flexibility index (Phi) is 5.93. The summed E-state index contributed by atoms with van der Waals surface area (Å²) in [5.41, 5.74) is 5.90. The minimum atomic E-state index is 0.149. The molecule has 0 aromatic heterocycles. The topological polar surface area (TPSA) is 38.5 Å². The van der Waals surface area contributed by atoms with E-state index in [2.05, 4.69) is 23.6 Å². The third kappa shape index (κ3) is 4.31. The number of nitrogens with zero attached hydrogens (tertiary/aromatic N) is 1. The van der Waals surface area contributed by atoms with Gasteiger partial charge in [0.2, 0.25) is 0 Å². The largest absolute Gasteiger partial charge is 0.392 e. The Bertz CT molecular complexity index is 300. The van der Waals surface area contributed by atoms with Crippen molar-refractivity contribution in [3.05, 3.63) is 0 Å². The second-order valence-corrected chi connectivity index (χ2v) is 7.48. The summed E-state index contributed by atoms with van der Waals surface area (Å²) in [6, 6.07) is 0.596. The molecule has 19 heavy (non-hydrogen) atoms. The zero-order chi connectivity index (χ0) is 13.7. The van der Waals surface area contributed by atoms with E-state index >= 15 is 0 Å². The highest BCUT2D eigenvalue weighted by Crippen LogP contribution is 2.38. The highest BCUT2D eigenvalue weighted by Gasteiger charge is 2.40. The Hall–Kier alpha value is 0.160. The maximum atomic E-state index is 6.17. The first-order chi connectivity index (χ1) is 9.15. The Morgan fingerprint density at radius 3 is 2.84 bits per heavy atom. The lowest BCUT2D eigenvalue weighted by Gasteiger charge is -2.46. The molecule has 0 bridgehead atoms. The van der Waals surface area contributed by atoms with Gasteiger partial charge in [0.25, 0.3) is 0 Å². The van der Waals surface area contributed by atoms with Crippen LogP contribution < -0.4 is 5.73 Å². The number of thioether (sulfide) groups is 1. The maximum absolute atomic E-state index is 6.17. The minimum absolute atomic E-state index is 0.149.